The van der Waals surface area contributed by atoms with Crippen LogP contribution in [-0.2, 0) is 23.5 Å². The number of thiazole rings is 1. The van der Waals surface area contributed by atoms with Crippen LogP contribution in [0.4, 0.5) is 5.69 Å². The number of alkyl halides is 1. The molecule has 0 spiro atoms. The van der Waals surface area contributed by atoms with Crippen molar-refractivity contribution in [3.8, 4) is 0 Å². The van der Waals surface area contributed by atoms with Crippen LogP contribution in [0.2, 0.25) is 0 Å². The smallest absolute Gasteiger partial charge is 0.233 e. The Balaban J connectivity index is 1.79. The van der Waals surface area contributed by atoms with Gasteiger partial charge in [-0.15, -0.1) is 22.9 Å². The van der Waals surface area contributed by atoms with Gasteiger partial charge in [-0.05, 0) is 31.4 Å². The molecule has 1 aliphatic rings. The topological polar surface area (TPSA) is 33.2 Å². The van der Waals surface area contributed by atoms with Gasteiger partial charge in [0.1, 0.15) is 5.01 Å². The summed E-state index contributed by atoms with van der Waals surface area (Å²) in [6.07, 6.45) is 2.43. The van der Waals surface area contributed by atoms with Gasteiger partial charge >= 0.3 is 0 Å². The summed E-state index contributed by atoms with van der Waals surface area (Å²) in [6, 6.07) is 6.32. The van der Waals surface area contributed by atoms with Crippen molar-refractivity contribution < 1.29 is 4.79 Å². The van der Waals surface area contributed by atoms with Crippen LogP contribution >= 0.6 is 22.9 Å². The van der Waals surface area contributed by atoms with E-state index < -0.39 is 0 Å². The van der Waals surface area contributed by atoms with Crippen molar-refractivity contribution in [2.45, 2.75) is 32.1 Å². The zero-order valence-electron chi connectivity index (χ0n) is 11.9. The number of hydrogen-bond acceptors (Lipinski definition) is 3. The molecule has 0 fully saturated rings. The van der Waals surface area contributed by atoms with Crippen LogP contribution in [0, 0.1) is 6.92 Å². The number of amides is 1. The number of halogens is 1. The van der Waals surface area contributed by atoms with Crippen molar-refractivity contribution in [1.82, 2.24) is 4.98 Å². The Labute approximate surface area is 133 Å². The third kappa shape index (κ3) is 3.11. The third-order valence-corrected chi connectivity index (χ3v) is 4.86. The first kappa shape index (κ1) is 14.5. The molecule has 0 radical (unpaired) electrons. The van der Waals surface area contributed by atoms with E-state index in [1.807, 2.05) is 10.3 Å². The lowest BCUT2D eigenvalue weighted by atomic mass is 9.99. The lowest BCUT2D eigenvalue weighted by Crippen LogP contribution is -2.36. The van der Waals surface area contributed by atoms with Crippen LogP contribution in [0.15, 0.2) is 23.6 Å². The average Bonchev–Trinajstić information content (AvgIpc) is 2.93. The Bertz CT molecular complexity index is 668. The van der Waals surface area contributed by atoms with Gasteiger partial charge < -0.3 is 4.90 Å². The number of rotatable bonds is 3. The average molecular weight is 321 g/mol. The van der Waals surface area contributed by atoms with Gasteiger partial charge in [-0.1, -0.05) is 17.7 Å². The number of anilines is 1. The van der Waals surface area contributed by atoms with Gasteiger partial charge in [0, 0.05) is 17.6 Å². The summed E-state index contributed by atoms with van der Waals surface area (Å²) in [6.45, 7) is 2.88. The Hall–Kier alpha value is -1.39. The van der Waals surface area contributed by atoms with Crippen molar-refractivity contribution in [3.05, 3.63) is 45.4 Å². The molecule has 0 saturated heterocycles. The molecule has 0 unspecified atom stereocenters. The van der Waals surface area contributed by atoms with E-state index in [0.717, 1.165) is 35.8 Å². The summed E-state index contributed by atoms with van der Waals surface area (Å²) >= 11 is 7.26. The largest absolute Gasteiger partial charge is 0.312 e. The van der Waals surface area contributed by atoms with Gasteiger partial charge in [-0.2, -0.15) is 0 Å². The van der Waals surface area contributed by atoms with E-state index in [1.54, 1.807) is 0 Å². The molecule has 21 heavy (non-hydrogen) atoms. The fourth-order valence-electron chi connectivity index (χ4n) is 2.70. The molecule has 0 aliphatic carbocycles. The Morgan fingerprint density at radius 1 is 1.48 bits per heavy atom. The van der Waals surface area contributed by atoms with Crippen LogP contribution in [-0.4, -0.2) is 17.4 Å². The number of carbonyl (C=O) groups is 1. The number of nitrogens with zero attached hydrogens (tertiary/aromatic N) is 2. The molecule has 1 aromatic carbocycles. The van der Waals surface area contributed by atoms with Crippen molar-refractivity contribution >= 4 is 34.5 Å². The molecular weight excluding hydrogens is 304 g/mol. The summed E-state index contributed by atoms with van der Waals surface area (Å²) in [5.74, 6) is 0.520. The van der Waals surface area contributed by atoms with E-state index in [2.05, 4.69) is 30.1 Å². The van der Waals surface area contributed by atoms with Gasteiger partial charge in [0.05, 0.1) is 18.0 Å². The Morgan fingerprint density at radius 3 is 3.10 bits per heavy atom. The monoisotopic (exact) mass is 320 g/mol. The number of carbonyl (C=O) groups excluding carboxylic acids is 1. The molecule has 0 saturated carbocycles. The second kappa shape index (κ2) is 6.16. The Kier molecular flexibility index (Phi) is 4.27. The normalized spacial score (nSPS) is 14.1. The zero-order chi connectivity index (χ0) is 14.8. The van der Waals surface area contributed by atoms with Gasteiger partial charge in [-0.3, -0.25) is 4.79 Å². The van der Waals surface area contributed by atoms with E-state index in [-0.39, 0.29) is 5.91 Å². The summed E-state index contributed by atoms with van der Waals surface area (Å²) in [4.78, 5) is 18.8. The molecule has 2 aromatic rings. The number of hydrogen-bond donors (Lipinski definition) is 0. The zero-order valence-corrected chi connectivity index (χ0v) is 13.5. The molecular formula is C16H17ClN2OS. The maximum Gasteiger partial charge on any atom is 0.233 e. The quantitative estimate of drug-likeness (QED) is 0.808. The maximum absolute atomic E-state index is 12.6. The minimum Gasteiger partial charge on any atom is -0.312 e. The van der Waals surface area contributed by atoms with Gasteiger partial charge in [0.2, 0.25) is 5.91 Å². The minimum absolute atomic E-state index is 0.121. The molecule has 1 amide bonds. The highest BCUT2D eigenvalue weighted by molar-refractivity contribution is 7.09. The van der Waals surface area contributed by atoms with Crippen LogP contribution in [0.3, 0.4) is 0 Å². The predicted octanol–water partition coefficient (Wildman–Crippen LogP) is 3.71. The molecule has 110 valence electrons. The maximum atomic E-state index is 12.6. The standard InChI is InChI=1S/C16H17ClN2OS/c1-11-4-5-14-12(7-11)3-2-6-19(14)16(20)8-15-18-13(9-17)10-21-15/h4-5,7,10H,2-3,6,8-9H2,1H3. The first-order chi connectivity index (χ1) is 10.2. The highest BCUT2D eigenvalue weighted by Gasteiger charge is 2.23. The SMILES string of the molecule is Cc1ccc2c(c1)CCCN2C(=O)Cc1nc(CCl)cs1. The fraction of sp³-hybridized carbons (Fsp3) is 0.375. The highest BCUT2D eigenvalue weighted by Crippen LogP contribution is 2.28. The van der Waals surface area contributed by atoms with Crippen LogP contribution in [0.25, 0.3) is 0 Å². The number of aryl methyl sites for hydroxylation is 2. The molecule has 3 nitrogen and oxygen atoms in total. The van der Waals surface area contributed by atoms with Gasteiger partial charge in [0.15, 0.2) is 0 Å². The molecule has 3 rings (SSSR count). The number of aromatic nitrogens is 1. The minimum atomic E-state index is 0.121. The van der Waals surface area contributed by atoms with E-state index in [1.165, 1.54) is 22.5 Å². The van der Waals surface area contributed by atoms with E-state index in [0.29, 0.717) is 12.3 Å². The van der Waals surface area contributed by atoms with Crippen LogP contribution in [0.1, 0.15) is 28.2 Å². The summed E-state index contributed by atoms with van der Waals surface area (Å²) < 4.78 is 0. The van der Waals surface area contributed by atoms with Gasteiger partial charge in [-0.25, -0.2) is 4.98 Å². The second-order valence-corrected chi connectivity index (χ2v) is 6.53. The third-order valence-electron chi connectivity index (χ3n) is 3.69. The summed E-state index contributed by atoms with van der Waals surface area (Å²) in [5.41, 5.74) is 4.43. The van der Waals surface area contributed by atoms with E-state index in [9.17, 15) is 4.79 Å². The molecule has 0 atom stereocenters. The molecule has 1 aromatic heterocycles. The second-order valence-electron chi connectivity index (χ2n) is 5.32. The van der Waals surface area contributed by atoms with Crippen molar-refractivity contribution in [2.75, 3.05) is 11.4 Å². The molecule has 5 heteroatoms. The lowest BCUT2D eigenvalue weighted by Gasteiger charge is -2.29. The summed E-state index contributed by atoms with van der Waals surface area (Å²) in [5, 5.41) is 2.76. The lowest BCUT2D eigenvalue weighted by molar-refractivity contribution is -0.118. The van der Waals surface area contributed by atoms with Crippen LogP contribution < -0.4 is 4.90 Å². The van der Waals surface area contributed by atoms with E-state index >= 15 is 0 Å². The van der Waals surface area contributed by atoms with Crippen molar-refractivity contribution in [3.63, 3.8) is 0 Å². The molecule has 0 bridgehead atoms. The fourth-order valence-corrected chi connectivity index (χ4v) is 3.71. The molecule has 0 N–H and O–H groups in total. The first-order valence-corrected chi connectivity index (χ1v) is 8.48. The first-order valence-electron chi connectivity index (χ1n) is 7.06. The Morgan fingerprint density at radius 2 is 2.33 bits per heavy atom. The summed E-state index contributed by atoms with van der Waals surface area (Å²) in [7, 11) is 0. The van der Waals surface area contributed by atoms with Crippen molar-refractivity contribution in [1.29, 1.82) is 0 Å². The van der Waals surface area contributed by atoms with Crippen molar-refractivity contribution in [2.24, 2.45) is 0 Å². The van der Waals surface area contributed by atoms with Crippen LogP contribution in [0.5, 0.6) is 0 Å². The highest BCUT2D eigenvalue weighted by atomic mass is 35.5. The number of fused-ring (bicyclic) bond motifs is 1. The molecule has 2 heterocycles. The van der Waals surface area contributed by atoms with E-state index in [4.69, 9.17) is 11.6 Å². The molecule has 1 aliphatic heterocycles. The van der Waals surface area contributed by atoms with Gasteiger partial charge in [0.25, 0.3) is 0 Å². The number of benzene rings is 1. The predicted molar refractivity (Wildman–Crippen MR) is 87.2 cm³/mol.